The Morgan fingerprint density at radius 3 is 2.05 bits per heavy atom. The molecule has 0 saturated carbocycles. The molecule has 0 heterocycles. The normalized spacial score (nSPS) is 11.2. The van der Waals surface area contributed by atoms with Gasteiger partial charge in [0, 0.05) is 12.7 Å². The third kappa shape index (κ3) is 2.89. The van der Waals surface area contributed by atoms with Crippen molar-refractivity contribution in [2.45, 2.75) is 32.3 Å². The molecule has 19 heavy (non-hydrogen) atoms. The van der Waals surface area contributed by atoms with Crippen LogP contribution >= 0.6 is 0 Å². The van der Waals surface area contributed by atoms with Crippen molar-refractivity contribution in [1.29, 1.82) is 0 Å². The van der Waals surface area contributed by atoms with Crippen LogP contribution in [0.15, 0.2) is 18.2 Å². The molecular formula is C15H22O4. The highest BCUT2D eigenvalue weighted by atomic mass is 16.5. The Hall–Kier alpha value is -1.55. The van der Waals surface area contributed by atoms with E-state index < -0.39 is 5.60 Å². The van der Waals surface area contributed by atoms with Crippen LogP contribution in [0.3, 0.4) is 0 Å². The number of benzene rings is 1. The molecule has 0 unspecified atom stereocenters. The Labute approximate surface area is 114 Å². The van der Waals surface area contributed by atoms with E-state index in [1.165, 1.54) is 0 Å². The predicted molar refractivity (Wildman–Crippen MR) is 74.2 cm³/mol. The molecule has 4 nitrogen and oxygen atoms in total. The van der Waals surface area contributed by atoms with Crippen LogP contribution in [0.4, 0.5) is 0 Å². The first-order valence-electron chi connectivity index (χ1n) is 6.40. The zero-order chi connectivity index (χ0) is 14.5. The van der Waals surface area contributed by atoms with Gasteiger partial charge >= 0.3 is 0 Å². The van der Waals surface area contributed by atoms with Gasteiger partial charge in [0.05, 0.1) is 14.2 Å². The maximum atomic E-state index is 12.6. The van der Waals surface area contributed by atoms with Crippen LogP contribution in [-0.4, -0.2) is 32.7 Å². The molecule has 0 aliphatic heterocycles. The number of Topliss-reactive ketones (excluding diaryl/α,β-unsaturated/α-hetero) is 1. The molecule has 0 N–H and O–H groups in total. The fourth-order valence-electron chi connectivity index (χ4n) is 2.19. The van der Waals surface area contributed by atoms with Gasteiger partial charge in [0.2, 0.25) is 0 Å². The average Bonchev–Trinajstić information content (AvgIpc) is 2.48. The summed E-state index contributed by atoms with van der Waals surface area (Å²) >= 11 is 0. The maximum Gasteiger partial charge on any atom is 0.194 e. The average molecular weight is 266 g/mol. The lowest BCUT2D eigenvalue weighted by Gasteiger charge is -2.28. The minimum Gasteiger partial charge on any atom is -0.493 e. The molecule has 4 heteroatoms. The number of carbonyl (C=O) groups is 1. The van der Waals surface area contributed by atoms with Crippen molar-refractivity contribution in [1.82, 2.24) is 0 Å². The van der Waals surface area contributed by atoms with Crippen LogP contribution in [0.1, 0.15) is 37.0 Å². The number of hydrogen-bond donors (Lipinski definition) is 0. The van der Waals surface area contributed by atoms with Gasteiger partial charge in [-0.25, -0.2) is 0 Å². The lowest BCUT2D eigenvalue weighted by atomic mass is 9.87. The van der Waals surface area contributed by atoms with Crippen molar-refractivity contribution in [3.63, 3.8) is 0 Å². The first-order valence-corrected chi connectivity index (χ1v) is 6.40. The van der Waals surface area contributed by atoms with Crippen molar-refractivity contribution in [3.05, 3.63) is 23.8 Å². The minimum absolute atomic E-state index is 0.0269. The van der Waals surface area contributed by atoms with E-state index in [1.54, 1.807) is 39.5 Å². The van der Waals surface area contributed by atoms with Gasteiger partial charge in [-0.3, -0.25) is 4.79 Å². The van der Waals surface area contributed by atoms with Crippen LogP contribution in [0, 0.1) is 0 Å². The topological polar surface area (TPSA) is 44.8 Å². The van der Waals surface area contributed by atoms with E-state index in [2.05, 4.69) is 0 Å². The maximum absolute atomic E-state index is 12.6. The molecule has 1 aromatic rings. The summed E-state index contributed by atoms with van der Waals surface area (Å²) in [6, 6.07) is 5.17. The Morgan fingerprint density at radius 2 is 1.63 bits per heavy atom. The molecule has 1 rings (SSSR count). The van der Waals surface area contributed by atoms with Crippen LogP contribution in [0.2, 0.25) is 0 Å². The SMILES string of the molecule is CCC(CC)(OC)C(=O)c1ccc(OC)c(OC)c1. The molecule has 0 aliphatic rings. The number of ether oxygens (including phenoxy) is 3. The predicted octanol–water partition coefficient (Wildman–Crippen LogP) is 3.09. The Kier molecular flexibility index (Phi) is 5.36. The van der Waals surface area contributed by atoms with Crippen molar-refractivity contribution in [2.75, 3.05) is 21.3 Å². The number of hydrogen-bond acceptors (Lipinski definition) is 4. The highest BCUT2D eigenvalue weighted by molar-refractivity contribution is 6.03. The van der Waals surface area contributed by atoms with Crippen LogP contribution in [0.5, 0.6) is 11.5 Å². The summed E-state index contributed by atoms with van der Waals surface area (Å²) in [4.78, 5) is 12.6. The van der Waals surface area contributed by atoms with E-state index >= 15 is 0 Å². The van der Waals surface area contributed by atoms with Gasteiger partial charge in [-0.2, -0.15) is 0 Å². The number of methoxy groups -OCH3 is 3. The summed E-state index contributed by atoms with van der Waals surface area (Å²) in [5, 5.41) is 0. The van der Waals surface area contributed by atoms with E-state index in [-0.39, 0.29) is 5.78 Å². The van der Waals surface area contributed by atoms with E-state index in [1.807, 2.05) is 13.8 Å². The standard InChI is InChI=1S/C15H22O4/c1-6-15(7-2,19-5)14(16)11-8-9-12(17-3)13(10-11)18-4/h8-10H,6-7H2,1-5H3. The highest BCUT2D eigenvalue weighted by Gasteiger charge is 2.35. The Bertz CT molecular complexity index is 428. The molecule has 0 bridgehead atoms. The van der Waals surface area contributed by atoms with Crippen LogP contribution in [0.25, 0.3) is 0 Å². The monoisotopic (exact) mass is 266 g/mol. The summed E-state index contributed by atoms with van der Waals surface area (Å²) in [6.45, 7) is 3.90. The zero-order valence-corrected chi connectivity index (χ0v) is 12.3. The molecule has 0 aliphatic carbocycles. The number of rotatable bonds is 7. The van der Waals surface area contributed by atoms with Crippen molar-refractivity contribution >= 4 is 5.78 Å². The third-order valence-corrected chi connectivity index (χ3v) is 3.59. The molecule has 0 saturated heterocycles. The van der Waals surface area contributed by atoms with Gasteiger partial charge in [-0.15, -0.1) is 0 Å². The lowest BCUT2D eigenvalue weighted by molar-refractivity contribution is -0.00263. The molecule has 0 spiro atoms. The molecule has 0 fully saturated rings. The molecule has 106 valence electrons. The molecular weight excluding hydrogens is 244 g/mol. The second-order valence-electron chi connectivity index (χ2n) is 4.30. The molecule has 0 radical (unpaired) electrons. The van der Waals surface area contributed by atoms with Crippen molar-refractivity contribution in [3.8, 4) is 11.5 Å². The Morgan fingerprint density at radius 1 is 1.05 bits per heavy atom. The second kappa shape index (κ2) is 6.57. The van der Waals surface area contributed by atoms with Crippen molar-refractivity contribution < 1.29 is 19.0 Å². The van der Waals surface area contributed by atoms with Gasteiger partial charge < -0.3 is 14.2 Å². The van der Waals surface area contributed by atoms with Gasteiger partial charge in [0.15, 0.2) is 17.3 Å². The van der Waals surface area contributed by atoms with E-state index in [4.69, 9.17) is 14.2 Å². The number of ketones is 1. The lowest BCUT2D eigenvalue weighted by Crippen LogP contribution is -2.39. The van der Waals surface area contributed by atoms with Gasteiger partial charge in [0.1, 0.15) is 5.60 Å². The molecule has 0 atom stereocenters. The van der Waals surface area contributed by atoms with E-state index in [0.717, 1.165) is 0 Å². The van der Waals surface area contributed by atoms with Gasteiger partial charge in [-0.05, 0) is 31.0 Å². The summed E-state index contributed by atoms with van der Waals surface area (Å²) in [5.74, 6) is 1.13. The second-order valence-corrected chi connectivity index (χ2v) is 4.30. The third-order valence-electron chi connectivity index (χ3n) is 3.59. The van der Waals surface area contributed by atoms with E-state index in [0.29, 0.717) is 29.9 Å². The Balaban J connectivity index is 3.19. The summed E-state index contributed by atoms with van der Waals surface area (Å²) in [6.07, 6.45) is 1.26. The molecule has 0 aromatic heterocycles. The van der Waals surface area contributed by atoms with E-state index in [9.17, 15) is 4.79 Å². The molecule has 1 aromatic carbocycles. The quantitative estimate of drug-likeness (QED) is 0.711. The largest absolute Gasteiger partial charge is 0.493 e. The van der Waals surface area contributed by atoms with Crippen LogP contribution < -0.4 is 9.47 Å². The van der Waals surface area contributed by atoms with Gasteiger partial charge in [0.25, 0.3) is 0 Å². The minimum atomic E-state index is -0.764. The van der Waals surface area contributed by atoms with Crippen LogP contribution in [-0.2, 0) is 4.74 Å². The highest BCUT2D eigenvalue weighted by Crippen LogP contribution is 2.31. The van der Waals surface area contributed by atoms with Gasteiger partial charge in [-0.1, -0.05) is 13.8 Å². The fourth-order valence-corrected chi connectivity index (χ4v) is 2.19. The number of carbonyl (C=O) groups excluding carboxylic acids is 1. The smallest absolute Gasteiger partial charge is 0.194 e. The first kappa shape index (κ1) is 15.5. The van der Waals surface area contributed by atoms with Crippen molar-refractivity contribution in [2.24, 2.45) is 0 Å². The summed E-state index contributed by atoms with van der Waals surface area (Å²) in [7, 11) is 4.69. The zero-order valence-electron chi connectivity index (χ0n) is 12.3. The molecule has 0 amide bonds. The fraction of sp³-hybridized carbons (Fsp3) is 0.533. The summed E-state index contributed by atoms with van der Waals surface area (Å²) < 4.78 is 15.9. The summed E-state index contributed by atoms with van der Waals surface area (Å²) in [5.41, 5.74) is -0.192. The first-order chi connectivity index (χ1) is 9.08.